The highest BCUT2D eigenvalue weighted by Gasteiger charge is 2.61. The molecule has 4 N–H and O–H groups in total. The molecule has 3 fully saturated rings. The van der Waals surface area contributed by atoms with Gasteiger partial charge in [-0.2, -0.15) is 0 Å². The fourth-order valence-electron chi connectivity index (χ4n) is 11.1. The average Bonchev–Trinajstić information content (AvgIpc) is 4.15. The molecule has 10 rings (SSSR count). The summed E-state index contributed by atoms with van der Waals surface area (Å²) in [7, 11) is 2.60. The Morgan fingerprint density at radius 3 is 2.20 bits per heavy atom. The van der Waals surface area contributed by atoms with E-state index in [1.807, 2.05) is 56.1 Å². The van der Waals surface area contributed by atoms with Gasteiger partial charge in [0.1, 0.15) is 29.5 Å². The van der Waals surface area contributed by atoms with E-state index in [0.29, 0.717) is 24.2 Å². The predicted octanol–water partition coefficient (Wildman–Crippen LogP) is 9.08. The molecule has 17 nitrogen and oxygen atoms in total. The standard InChI is InChI=1S/C52H62N10O7S/c1-10-12-41-53-24-40(70-41)50-61-35-15-14-29(33-22-55-47(56-33)38-21-32-28(7)45(32)62(38)49(64)44(26(4)5)59-52(66)68-9)18-31(35)19-37(61)42-27(6)17-30(20-39(42)69-50)34-23-54-46(57-34)36-13-11-16-60(36)48(63)43(25(2)3)58-51(65)67-8/h14-15,17-20,22-26,28,32,36,38,43-45,50H,10-13,16,21H2,1-9H3,(H,54,57)(H,55,56)(H,58,65)(H,59,66)/t28?,32?,36-,38-,43-,44?,45?,50?/m0/s1. The van der Waals surface area contributed by atoms with Crippen molar-refractivity contribution in [2.75, 3.05) is 20.8 Å². The zero-order chi connectivity index (χ0) is 49.3. The Hall–Kier alpha value is -6.69. The summed E-state index contributed by atoms with van der Waals surface area (Å²) in [6.07, 6.45) is 8.11. The zero-order valence-electron chi connectivity index (χ0n) is 41.2. The van der Waals surface area contributed by atoms with Gasteiger partial charge < -0.3 is 44.6 Å². The lowest BCUT2D eigenvalue weighted by molar-refractivity contribution is -0.137. The molecule has 0 radical (unpaired) electrons. The van der Waals surface area contributed by atoms with E-state index in [4.69, 9.17) is 29.2 Å². The topological polar surface area (TPSA) is 202 Å². The van der Waals surface area contributed by atoms with Gasteiger partial charge in [-0.25, -0.2) is 24.5 Å². The molecular weight excluding hydrogens is 909 g/mol. The first-order chi connectivity index (χ1) is 33.7. The number of aryl methyl sites for hydroxylation is 2. The number of ether oxygens (including phenoxy) is 3. The number of imidazole rings is 2. The number of fused-ring (bicyclic) bond motifs is 6. The van der Waals surface area contributed by atoms with Crippen LogP contribution in [-0.4, -0.2) is 102 Å². The van der Waals surface area contributed by atoms with E-state index >= 15 is 0 Å². The Kier molecular flexibility index (Phi) is 12.5. The summed E-state index contributed by atoms with van der Waals surface area (Å²) in [4.78, 5) is 79.0. The van der Waals surface area contributed by atoms with Crippen LogP contribution in [0.15, 0.2) is 55.0 Å². The van der Waals surface area contributed by atoms with E-state index in [1.54, 1.807) is 11.3 Å². The fraction of sp³-hybridized carbons (Fsp3) is 0.481. The van der Waals surface area contributed by atoms with Gasteiger partial charge in [0.25, 0.3) is 0 Å². The quantitative estimate of drug-likeness (QED) is 0.0865. The lowest BCUT2D eigenvalue weighted by Crippen LogP contribution is -2.52. The summed E-state index contributed by atoms with van der Waals surface area (Å²) < 4.78 is 19.1. The van der Waals surface area contributed by atoms with Crippen molar-refractivity contribution in [3.8, 4) is 39.5 Å². The Morgan fingerprint density at radius 1 is 0.857 bits per heavy atom. The molecule has 0 bridgehead atoms. The number of likely N-dealkylation sites (tertiary alicyclic amines) is 2. The van der Waals surface area contributed by atoms with Crippen LogP contribution in [0.2, 0.25) is 0 Å². The maximum atomic E-state index is 14.2. The highest BCUT2D eigenvalue weighted by atomic mass is 32.1. The molecule has 5 unspecified atom stereocenters. The van der Waals surface area contributed by atoms with E-state index < -0.39 is 30.5 Å². The van der Waals surface area contributed by atoms with Crippen molar-refractivity contribution in [1.29, 1.82) is 0 Å². The lowest BCUT2D eigenvalue weighted by Gasteiger charge is -2.32. The summed E-state index contributed by atoms with van der Waals surface area (Å²) in [6.45, 7) is 14.7. The van der Waals surface area contributed by atoms with Crippen LogP contribution in [0.4, 0.5) is 9.59 Å². The number of carbonyl (C=O) groups is 4. The SMILES string of the molecule is CCCc1ncc(C2Oc3cc(-c4cnc([C@@H]5CCCN5C(=O)[C@@H](NC(=O)OC)C(C)C)[nH]4)cc(C)c3-c3cc4cc(-c5cnc([C@@H]6CC7C(C)C7N6C(=O)C(NC(=O)OC)C(C)C)[nH]5)ccc4n32)s1. The molecule has 368 valence electrons. The molecule has 18 heteroatoms. The second-order valence-electron chi connectivity index (χ2n) is 20.0. The monoisotopic (exact) mass is 970 g/mol. The molecule has 6 aromatic rings. The number of amides is 4. The van der Waals surface area contributed by atoms with E-state index in [2.05, 4.69) is 82.3 Å². The van der Waals surface area contributed by atoms with Crippen molar-refractivity contribution in [2.45, 2.75) is 117 Å². The molecule has 8 atom stereocenters. The number of hydrogen-bond acceptors (Lipinski definition) is 11. The van der Waals surface area contributed by atoms with Crippen LogP contribution in [0.3, 0.4) is 0 Å². The fourth-order valence-corrected chi connectivity index (χ4v) is 12.2. The summed E-state index contributed by atoms with van der Waals surface area (Å²) >= 11 is 1.67. The van der Waals surface area contributed by atoms with Crippen LogP contribution in [0.5, 0.6) is 5.75 Å². The highest BCUT2D eigenvalue weighted by Crippen LogP contribution is 2.58. The molecule has 4 amide bonds. The first-order valence-electron chi connectivity index (χ1n) is 24.5. The third kappa shape index (κ3) is 8.26. The number of aromatic amines is 2. The number of rotatable bonds is 13. The largest absolute Gasteiger partial charge is 0.464 e. The maximum absolute atomic E-state index is 14.2. The lowest BCUT2D eigenvalue weighted by atomic mass is 9.98. The van der Waals surface area contributed by atoms with Gasteiger partial charge in [-0.1, -0.05) is 47.6 Å². The second kappa shape index (κ2) is 18.6. The third-order valence-electron chi connectivity index (χ3n) is 14.8. The molecule has 4 aromatic heterocycles. The minimum Gasteiger partial charge on any atom is -0.464 e. The smallest absolute Gasteiger partial charge is 0.407 e. The summed E-state index contributed by atoms with van der Waals surface area (Å²) in [5.74, 6) is 2.38. The van der Waals surface area contributed by atoms with Crippen LogP contribution in [0.25, 0.3) is 44.7 Å². The molecule has 1 saturated carbocycles. The van der Waals surface area contributed by atoms with Crippen molar-refractivity contribution in [2.24, 2.45) is 23.7 Å². The summed E-state index contributed by atoms with van der Waals surface area (Å²) in [5, 5.41) is 7.60. The van der Waals surface area contributed by atoms with Gasteiger partial charge in [0.05, 0.1) is 71.2 Å². The van der Waals surface area contributed by atoms with E-state index in [1.165, 1.54) is 14.2 Å². The number of hydrogen-bond donors (Lipinski definition) is 4. The van der Waals surface area contributed by atoms with E-state index in [-0.39, 0.29) is 41.8 Å². The number of thiazole rings is 1. The Bertz CT molecular complexity index is 2990. The summed E-state index contributed by atoms with van der Waals surface area (Å²) in [5.41, 5.74) is 7.57. The normalized spacial score (nSPS) is 22.1. The maximum Gasteiger partial charge on any atom is 0.407 e. The number of H-pyrrole nitrogens is 2. The van der Waals surface area contributed by atoms with Crippen molar-refractivity contribution in [3.63, 3.8) is 0 Å². The van der Waals surface area contributed by atoms with Crippen molar-refractivity contribution >= 4 is 46.2 Å². The second-order valence-corrected chi connectivity index (χ2v) is 21.1. The third-order valence-corrected chi connectivity index (χ3v) is 15.9. The van der Waals surface area contributed by atoms with E-state index in [9.17, 15) is 19.2 Å². The van der Waals surface area contributed by atoms with Crippen molar-refractivity contribution < 1.29 is 33.4 Å². The van der Waals surface area contributed by atoms with Crippen molar-refractivity contribution in [3.05, 3.63) is 82.1 Å². The average molecular weight is 971 g/mol. The predicted molar refractivity (Wildman–Crippen MR) is 265 cm³/mol. The number of aromatic nitrogens is 6. The molecule has 0 spiro atoms. The molecule has 1 aliphatic carbocycles. The molecule has 70 heavy (non-hydrogen) atoms. The number of nitrogens with zero attached hydrogens (tertiary/aromatic N) is 6. The van der Waals surface area contributed by atoms with Crippen LogP contribution >= 0.6 is 11.3 Å². The minimum atomic E-state index is -0.725. The van der Waals surface area contributed by atoms with Gasteiger partial charge in [-0.05, 0) is 98.6 Å². The number of carbonyl (C=O) groups excluding carboxylic acids is 4. The Morgan fingerprint density at radius 2 is 1.53 bits per heavy atom. The highest BCUT2D eigenvalue weighted by molar-refractivity contribution is 7.11. The van der Waals surface area contributed by atoms with E-state index in [0.717, 1.165) is 104 Å². The molecule has 3 aliphatic heterocycles. The minimum absolute atomic E-state index is 0.101. The molecule has 7 heterocycles. The van der Waals surface area contributed by atoms with Gasteiger partial charge in [0, 0.05) is 40.9 Å². The zero-order valence-corrected chi connectivity index (χ0v) is 42.0. The van der Waals surface area contributed by atoms with Crippen LogP contribution < -0.4 is 15.4 Å². The molecule has 2 saturated heterocycles. The molecule has 2 aromatic carbocycles. The van der Waals surface area contributed by atoms with Gasteiger partial charge in [0.15, 0.2) is 0 Å². The van der Waals surface area contributed by atoms with Gasteiger partial charge in [-0.3, -0.25) is 14.2 Å². The number of methoxy groups -OCH3 is 2. The Labute approximate surface area is 411 Å². The first-order valence-corrected chi connectivity index (χ1v) is 25.3. The Balaban J connectivity index is 0.968. The number of piperidine rings is 1. The van der Waals surface area contributed by atoms with Crippen molar-refractivity contribution in [1.82, 2.24) is 49.9 Å². The summed E-state index contributed by atoms with van der Waals surface area (Å²) in [6, 6.07) is 11.0. The van der Waals surface area contributed by atoms with Crippen LogP contribution in [0, 0.1) is 30.6 Å². The van der Waals surface area contributed by atoms with Gasteiger partial charge >= 0.3 is 12.2 Å². The first kappa shape index (κ1) is 47.0. The number of alkyl carbamates (subject to hydrolysis) is 2. The number of benzene rings is 2. The molecule has 4 aliphatic rings. The van der Waals surface area contributed by atoms with Crippen LogP contribution in [0.1, 0.15) is 113 Å². The van der Waals surface area contributed by atoms with Gasteiger partial charge in [-0.15, -0.1) is 11.3 Å². The van der Waals surface area contributed by atoms with Crippen LogP contribution in [-0.2, 0) is 25.5 Å². The number of nitrogens with one attached hydrogen (secondary N) is 4. The molecular formula is C52H62N10O7S. The van der Waals surface area contributed by atoms with Gasteiger partial charge in [0.2, 0.25) is 18.0 Å².